The molecular formula is C18H25N3O5S. The van der Waals surface area contributed by atoms with Crippen molar-refractivity contribution >= 4 is 27.0 Å². The Morgan fingerprint density at radius 1 is 1.19 bits per heavy atom. The highest BCUT2D eigenvalue weighted by molar-refractivity contribution is 7.89. The third-order valence-electron chi connectivity index (χ3n) is 4.96. The number of piperidine rings is 1. The number of benzene rings is 1. The summed E-state index contributed by atoms with van der Waals surface area (Å²) in [4.78, 5) is 26.1. The Morgan fingerprint density at radius 2 is 1.85 bits per heavy atom. The van der Waals surface area contributed by atoms with Gasteiger partial charge in [0.25, 0.3) is 0 Å². The van der Waals surface area contributed by atoms with Gasteiger partial charge in [-0.05, 0) is 37.3 Å². The van der Waals surface area contributed by atoms with Crippen LogP contribution < -0.4 is 10.5 Å². The Morgan fingerprint density at radius 3 is 2.48 bits per heavy atom. The van der Waals surface area contributed by atoms with Crippen molar-refractivity contribution < 1.29 is 17.6 Å². The molecule has 1 saturated heterocycles. The van der Waals surface area contributed by atoms with Gasteiger partial charge in [0, 0.05) is 26.2 Å². The largest absolute Gasteiger partial charge is 0.419 e. The maximum Gasteiger partial charge on any atom is 0.419 e. The minimum absolute atomic E-state index is 0.0403. The van der Waals surface area contributed by atoms with Crippen LogP contribution in [0.4, 0.5) is 0 Å². The Kier molecular flexibility index (Phi) is 5.43. The zero-order chi connectivity index (χ0) is 19.8. The molecule has 1 N–H and O–H groups in total. The third kappa shape index (κ3) is 3.93. The van der Waals surface area contributed by atoms with Gasteiger partial charge < -0.3 is 9.32 Å². The van der Waals surface area contributed by atoms with E-state index in [1.165, 1.54) is 22.8 Å². The molecule has 1 fully saturated rings. The molecule has 2 heterocycles. The van der Waals surface area contributed by atoms with Gasteiger partial charge in [-0.25, -0.2) is 13.2 Å². The first-order valence-corrected chi connectivity index (χ1v) is 10.6. The number of hydrogen-bond donors (Lipinski definition) is 1. The van der Waals surface area contributed by atoms with Gasteiger partial charge in [-0.15, -0.1) is 0 Å². The summed E-state index contributed by atoms with van der Waals surface area (Å²) in [6, 6.07) is 3.39. The summed E-state index contributed by atoms with van der Waals surface area (Å²) in [5.41, 5.74) is 0.692. The lowest BCUT2D eigenvalue weighted by Gasteiger charge is -2.32. The summed E-state index contributed by atoms with van der Waals surface area (Å²) in [5.74, 6) is -0.957. The Hall–Kier alpha value is -2.13. The standard InChI is InChI=1S/C18H25N3O5S/c1-12(2)16(17(22)21-9-5-4-6-10-21)19-27(24,25)13-7-8-14-15(11-13)26-18(23)20(14)3/h7-8,11-12,16,19H,4-6,9-10H2,1-3H3. The van der Waals surface area contributed by atoms with Crippen LogP contribution in [0.3, 0.4) is 0 Å². The molecule has 8 nitrogen and oxygen atoms in total. The van der Waals surface area contributed by atoms with Crippen molar-refractivity contribution in [2.24, 2.45) is 13.0 Å². The topological polar surface area (TPSA) is 102 Å². The number of nitrogens with one attached hydrogen (secondary N) is 1. The second-order valence-corrected chi connectivity index (χ2v) is 9.00. The van der Waals surface area contributed by atoms with E-state index in [1.807, 2.05) is 13.8 Å². The van der Waals surface area contributed by atoms with E-state index in [0.717, 1.165) is 19.3 Å². The minimum atomic E-state index is -3.95. The van der Waals surface area contributed by atoms with Crippen molar-refractivity contribution in [3.05, 3.63) is 28.7 Å². The van der Waals surface area contributed by atoms with Crippen molar-refractivity contribution in [1.29, 1.82) is 0 Å². The number of aryl methyl sites for hydroxylation is 1. The molecule has 0 saturated carbocycles. The summed E-state index contributed by atoms with van der Waals surface area (Å²) in [7, 11) is -2.40. The van der Waals surface area contributed by atoms with Crippen LogP contribution in [0.1, 0.15) is 33.1 Å². The van der Waals surface area contributed by atoms with E-state index in [-0.39, 0.29) is 22.3 Å². The number of hydrogen-bond acceptors (Lipinski definition) is 5. The lowest BCUT2D eigenvalue weighted by Crippen LogP contribution is -2.52. The fraction of sp³-hybridized carbons (Fsp3) is 0.556. The second kappa shape index (κ2) is 7.47. The maximum atomic E-state index is 12.9. The molecule has 1 aromatic heterocycles. The quantitative estimate of drug-likeness (QED) is 0.826. The second-order valence-electron chi connectivity index (χ2n) is 7.29. The normalized spacial score (nSPS) is 16.8. The maximum absolute atomic E-state index is 12.9. The molecular weight excluding hydrogens is 370 g/mol. The number of carbonyl (C=O) groups excluding carboxylic acids is 1. The summed E-state index contributed by atoms with van der Waals surface area (Å²) >= 11 is 0. The van der Waals surface area contributed by atoms with E-state index < -0.39 is 21.8 Å². The van der Waals surface area contributed by atoms with Gasteiger partial charge >= 0.3 is 5.76 Å². The van der Waals surface area contributed by atoms with Crippen LogP contribution in [-0.4, -0.2) is 42.9 Å². The Labute approximate surface area is 158 Å². The Bertz CT molecular complexity index is 1000. The smallest absolute Gasteiger partial charge is 0.408 e. The third-order valence-corrected chi connectivity index (χ3v) is 6.40. The monoisotopic (exact) mass is 395 g/mol. The fourth-order valence-electron chi connectivity index (χ4n) is 3.30. The van der Waals surface area contributed by atoms with Crippen LogP contribution >= 0.6 is 0 Å². The molecule has 1 aliphatic heterocycles. The first kappa shape index (κ1) is 19.6. The molecule has 1 atom stereocenters. The van der Waals surface area contributed by atoms with Crippen LogP contribution in [0.2, 0.25) is 0 Å². The van der Waals surface area contributed by atoms with Crippen molar-refractivity contribution in [2.75, 3.05) is 13.1 Å². The predicted molar refractivity (Wildman–Crippen MR) is 101 cm³/mol. The van der Waals surface area contributed by atoms with Crippen molar-refractivity contribution in [3.63, 3.8) is 0 Å². The van der Waals surface area contributed by atoms with Crippen LogP contribution in [0.5, 0.6) is 0 Å². The van der Waals surface area contributed by atoms with E-state index in [1.54, 1.807) is 11.9 Å². The number of aromatic nitrogens is 1. The summed E-state index contributed by atoms with van der Waals surface area (Å²) in [6.07, 6.45) is 2.96. The lowest BCUT2D eigenvalue weighted by atomic mass is 10.0. The number of carbonyl (C=O) groups is 1. The van der Waals surface area contributed by atoms with Crippen LogP contribution in [0.15, 0.2) is 32.3 Å². The molecule has 0 bridgehead atoms. The minimum Gasteiger partial charge on any atom is -0.408 e. The highest BCUT2D eigenvalue weighted by atomic mass is 32.2. The number of amides is 1. The van der Waals surface area contributed by atoms with Gasteiger partial charge in [0.1, 0.15) is 6.04 Å². The van der Waals surface area contributed by atoms with E-state index in [9.17, 15) is 18.0 Å². The lowest BCUT2D eigenvalue weighted by molar-refractivity contribution is -0.134. The van der Waals surface area contributed by atoms with E-state index >= 15 is 0 Å². The molecule has 2 aromatic rings. The van der Waals surface area contributed by atoms with Gasteiger partial charge in [0.2, 0.25) is 15.9 Å². The summed E-state index contributed by atoms with van der Waals surface area (Å²) in [6.45, 7) is 4.94. The summed E-state index contributed by atoms with van der Waals surface area (Å²) < 4.78 is 34.6. The molecule has 1 aliphatic rings. The van der Waals surface area contributed by atoms with E-state index in [4.69, 9.17) is 4.42 Å². The van der Waals surface area contributed by atoms with E-state index in [0.29, 0.717) is 18.6 Å². The molecule has 1 aromatic carbocycles. The Balaban J connectivity index is 1.88. The average Bonchev–Trinajstić information content (AvgIpc) is 2.93. The van der Waals surface area contributed by atoms with Crippen molar-refractivity contribution in [3.8, 4) is 0 Å². The van der Waals surface area contributed by atoms with Gasteiger partial charge in [0.15, 0.2) is 5.58 Å². The zero-order valence-corrected chi connectivity index (χ0v) is 16.6. The first-order valence-electron chi connectivity index (χ1n) is 9.11. The average molecular weight is 395 g/mol. The molecule has 148 valence electrons. The zero-order valence-electron chi connectivity index (χ0n) is 15.8. The van der Waals surface area contributed by atoms with Crippen LogP contribution in [0, 0.1) is 5.92 Å². The van der Waals surface area contributed by atoms with Crippen molar-refractivity contribution in [1.82, 2.24) is 14.2 Å². The van der Waals surface area contributed by atoms with Crippen molar-refractivity contribution in [2.45, 2.75) is 44.0 Å². The molecule has 1 unspecified atom stereocenters. The number of sulfonamides is 1. The van der Waals surface area contributed by atoms with E-state index in [2.05, 4.69) is 4.72 Å². The molecule has 0 aliphatic carbocycles. The highest BCUT2D eigenvalue weighted by Crippen LogP contribution is 2.20. The van der Waals surface area contributed by atoms with Gasteiger partial charge in [0.05, 0.1) is 10.4 Å². The molecule has 27 heavy (non-hydrogen) atoms. The number of rotatable bonds is 5. The first-order chi connectivity index (χ1) is 12.7. The number of likely N-dealkylation sites (tertiary alicyclic amines) is 1. The van der Waals surface area contributed by atoms with Gasteiger partial charge in [-0.3, -0.25) is 9.36 Å². The highest BCUT2D eigenvalue weighted by Gasteiger charge is 2.32. The predicted octanol–water partition coefficient (Wildman–Crippen LogP) is 1.45. The molecule has 0 radical (unpaired) electrons. The molecule has 0 spiro atoms. The molecule has 1 amide bonds. The summed E-state index contributed by atoms with van der Waals surface area (Å²) in [5, 5.41) is 0. The van der Waals surface area contributed by atoms with Crippen LogP contribution in [0.25, 0.3) is 11.1 Å². The number of oxazole rings is 1. The SMILES string of the molecule is CC(C)C(NS(=O)(=O)c1ccc2c(c1)oc(=O)n2C)C(=O)N1CCCCC1. The van der Waals surface area contributed by atoms with Gasteiger partial charge in [-0.1, -0.05) is 13.8 Å². The van der Waals surface area contributed by atoms with Crippen LogP contribution in [-0.2, 0) is 21.9 Å². The fourth-order valence-corrected chi connectivity index (χ4v) is 4.65. The van der Waals surface area contributed by atoms with Gasteiger partial charge in [-0.2, -0.15) is 4.72 Å². The molecule has 9 heteroatoms. The number of fused-ring (bicyclic) bond motifs is 1. The molecule has 3 rings (SSSR count). The number of nitrogens with zero attached hydrogens (tertiary/aromatic N) is 2.